The van der Waals surface area contributed by atoms with Gasteiger partial charge in [0.2, 0.25) is 0 Å². The molecule has 8 aromatic rings. The van der Waals surface area contributed by atoms with E-state index in [4.69, 9.17) is 25.9 Å². The van der Waals surface area contributed by atoms with Crippen molar-refractivity contribution in [3.63, 3.8) is 0 Å². The fraction of sp³-hybridized carbons (Fsp3) is 0. The number of fused-ring (bicyclic) bond motifs is 3. The lowest BCUT2D eigenvalue weighted by Crippen LogP contribution is -2.00. The third kappa shape index (κ3) is 4.81. The van der Waals surface area contributed by atoms with Gasteiger partial charge in [0, 0.05) is 21.9 Å². The van der Waals surface area contributed by atoms with Gasteiger partial charge in [-0.2, -0.15) is 0 Å². The lowest BCUT2D eigenvalue weighted by atomic mass is 9.96. The summed E-state index contributed by atoms with van der Waals surface area (Å²) in [4.78, 5) is 18.5. The van der Waals surface area contributed by atoms with E-state index in [-0.39, 0.29) is 0 Å². The first-order valence-electron chi connectivity index (χ1n) is 14.6. The summed E-state index contributed by atoms with van der Waals surface area (Å²) >= 11 is 0. The summed E-state index contributed by atoms with van der Waals surface area (Å²) in [6, 6.07) is 48.4. The number of aromatic nitrogens is 3. The highest BCUT2D eigenvalue weighted by atomic mass is 16.3. The molecule has 2 aromatic heterocycles. The number of benzene rings is 6. The zero-order valence-corrected chi connectivity index (χ0v) is 24.1. The van der Waals surface area contributed by atoms with E-state index < -0.39 is 0 Å². The van der Waals surface area contributed by atoms with E-state index in [1.165, 1.54) is 0 Å². The molecule has 0 bridgehead atoms. The van der Waals surface area contributed by atoms with E-state index in [0.29, 0.717) is 28.7 Å². The monoisotopic (exact) mass is 576 g/mol. The van der Waals surface area contributed by atoms with Gasteiger partial charge in [0.05, 0.1) is 12.1 Å². The van der Waals surface area contributed by atoms with Crippen LogP contribution in [0.1, 0.15) is 0 Å². The normalized spacial score (nSPS) is 11.1. The quantitative estimate of drug-likeness (QED) is 0.191. The second-order valence-electron chi connectivity index (χ2n) is 10.7. The van der Waals surface area contributed by atoms with Crippen LogP contribution >= 0.6 is 0 Å². The fourth-order valence-corrected chi connectivity index (χ4v) is 5.74. The molecule has 210 valence electrons. The van der Waals surface area contributed by atoms with Crippen molar-refractivity contribution >= 4 is 27.6 Å². The molecule has 0 aliphatic heterocycles. The van der Waals surface area contributed by atoms with Gasteiger partial charge in [0.15, 0.2) is 23.2 Å². The molecular formula is C40H24N4O. The number of hydrogen-bond acceptors (Lipinski definition) is 4. The molecule has 0 aliphatic carbocycles. The Hall–Kier alpha value is -6.38. The zero-order valence-electron chi connectivity index (χ0n) is 24.1. The second-order valence-corrected chi connectivity index (χ2v) is 10.7. The van der Waals surface area contributed by atoms with Crippen LogP contribution < -0.4 is 0 Å². The van der Waals surface area contributed by atoms with Gasteiger partial charge in [-0.1, -0.05) is 133 Å². The Morgan fingerprint density at radius 2 is 0.956 bits per heavy atom. The van der Waals surface area contributed by atoms with Crippen LogP contribution in [0.5, 0.6) is 0 Å². The number of nitrogens with zero attached hydrogens (tertiary/aromatic N) is 4. The maximum Gasteiger partial charge on any atom is 0.187 e. The van der Waals surface area contributed by atoms with Crippen LogP contribution in [0.2, 0.25) is 0 Å². The van der Waals surface area contributed by atoms with Crippen LogP contribution in [-0.4, -0.2) is 15.0 Å². The molecule has 0 spiro atoms. The van der Waals surface area contributed by atoms with Gasteiger partial charge in [-0.15, -0.1) is 0 Å². The van der Waals surface area contributed by atoms with Gasteiger partial charge >= 0.3 is 0 Å². The third-order valence-electron chi connectivity index (χ3n) is 7.99. The first-order chi connectivity index (χ1) is 22.2. The van der Waals surface area contributed by atoms with Gasteiger partial charge in [-0.25, -0.2) is 19.8 Å². The topological polar surface area (TPSA) is 56.2 Å². The van der Waals surface area contributed by atoms with Crippen LogP contribution in [0, 0.1) is 6.57 Å². The van der Waals surface area contributed by atoms with Crippen molar-refractivity contribution in [3.05, 3.63) is 157 Å². The number of furan rings is 1. The summed E-state index contributed by atoms with van der Waals surface area (Å²) in [7, 11) is 0. The Morgan fingerprint density at radius 1 is 0.444 bits per heavy atom. The van der Waals surface area contributed by atoms with Crippen LogP contribution in [-0.2, 0) is 0 Å². The van der Waals surface area contributed by atoms with Gasteiger partial charge in [0.25, 0.3) is 0 Å². The number of hydrogen-bond donors (Lipinski definition) is 0. The number of para-hydroxylation sites is 1. The molecule has 6 aromatic carbocycles. The van der Waals surface area contributed by atoms with Crippen molar-refractivity contribution in [2.75, 3.05) is 0 Å². The summed E-state index contributed by atoms with van der Waals surface area (Å²) in [6.45, 7) is 7.36. The molecule has 0 saturated carbocycles. The molecule has 5 nitrogen and oxygen atoms in total. The molecule has 5 heteroatoms. The van der Waals surface area contributed by atoms with E-state index in [0.717, 1.165) is 55.3 Å². The van der Waals surface area contributed by atoms with Gasteiger partial charge in [0.1, 0.15) is 11.2 Å². The smallest absolute Gasteiger partial charge is 0.187 e. The molecule has 0 N–H and O–H groups in total. The Kier molecular flexibility index (Phi) is 6.44. The molecule has 0 fully saturated rings. The van der Waals surface area contributed by atoms with Crippen molar-refractivity contribution in [1.29, 1.82) is 0 Å². The molecule has 0 atom stereocenters. The maximum absolute atomic E-state index is 7.36. The van der Waals surface area contributed by atoms with Crippen molar-refractivity contribution in [2.24, 2.45) is 0 Å². The minimum Gasteiger partial charge on any atom is -0.455 e. The van der Waals surface area contributed by atoms with Crippen LogP contribution in [0.25, 0.3) is 83.2 Å². The Balaban J connectivity index is 1.33. The fourth-order valence-electron chi connectivity index (χ4n) is 5.74. The van der Waals surface area contributed by atoms with E-state index in [1.54, 1.807) is 0 Å². The van der Waals surface area contributed by atoms with E-state index >= 15 is 0 Å². The highest BCUT2D eigenvalue weighted by molar-refractivity contribution is 6.16. The Morgan fingerprint density at radius 3 is 1.64 bits per heavy atom. The molecule has 2 heterocycles. The highest BCUT2D eigenvalue weighted by Gasteiger charge is 2.20. The standard InChI is InChI=1S/C40H24N4O/c1-41-31-22-20-28(21-23-31)32-24-25-34(37-36(32)33-14-8-9-15-35(33)45-37)40-43-38(29-12-6-3-7-13-29)42-39(44-40)30-18-16-27(17-19-30)26-10-4-2-5-11-26/h2-25H. The van der Waals surface area contributed by atoms with Crippen molar-refractivity contribution in [1.82, 2.24) is 15.0 Å². The highest BCUT2D eigenvalue weighted by Crippen LogP contribution is 2.41. The largest absolute Gasteiger partial charge is 0.455 e. The lowest BCUT2D eigenvalue weighted by Gasteiger charge is -2.11. The first-order valence-corrected chi connectivity index (χ1v) is 14.6. The van der Waals surface area contributed by atoms with Crippen molar-refractivity contribution in [2.45, 2.75) is 0 Å². The van der Waals surface area contributed by atoms with Gasteiger partial charge < -0.3 is 4.42 Å². The number of rotatable bonds is 5. The van der Waals surface area contributed by atoms with E-state index in [1.807, 2.05) is 97.1 Å². The van der Waals surface area contributed by atoms with E-state index in [2.05, 4.69) is 53.4 Å². The van der Waals surface area contributed by atoms with Crippen LogP contribution in [0.15, 0.2) is 150 Å². The van der Waals surface area contributed by atoms with Crippen LogP contribution in [0.4, 0.5) is 5.69 Å². The summed E-state index contributed by atoms with van der Waals surface area (Å²) < 4.78 is 6.55. The SMILES string of the molecule is [C-]#[N+]c1ccc(-c2ccc(-c3nc(-c4ccccc4)nc(-c4ccc(-c5ccccc5)cc4)n3)c3oc4ccccc4c23)cc1. The summed E-state index contributed by atoms with van der Waals surface area (Å²) in [5.74, 6) is 1.71. The molecule has 0 saturated heterocycles. The van der Waals surface area contributed by atoms with Gasteiger partial charge in [-0.05, 0) is 34.4 Å². The molecule has 0 amide bonds. The average Bonchev–Trinajstić information content (AvgIpc) is 3.52. The Labute approximate surface area is 260 Å². The molecular weight excluding hydrogens is 552 g/mol. The summed E-state index contributed by atoms with van der Waals surface area (Å²) in [5.41, 5.74) is 8.98. The second kappa shape index (κ2) is 11.0. The molecule has 0 radical (unpaired) electrons. The summed E-state index contributed by atoms with van der Waals surface area (Å²) in [6.07, 6.45) is 0. The molecule has 0 unspecified atom stereocenters. The molecule has 8 rings (SSSR count). The predicted octanol–water partition coefficient (Wildman–Crippen LogP) is 10.7. The zero-order chi connectivity index (χ0) is 30.2. The minimum atomic E-state index is 0.532. The van der Waals surface area contributed by atoms with Gasteiger partial charge in [-0.3, -0.25) is 0 Å². The molecule has 45 heavy (non-hydrogen) atoms. The minimum absolute atomic E-state index is 0.532. The van der Waals surface area contributed by atoms with Crippen molar-refractivity contribution < 1.29 is 4.42 Å². The van der Waals surface area contributed by atoms with Crippen molar-refractivity contribution in [3.8, 4) is 56.4 Å². The maximum atomic E-state index is 7.36. The van der Waals surface area contributed by atoms with E-state index in [9.17, 15) is 0 Å². The lowest BCUT2D eigenvalue weighted by molar-refractivity contribution is 0.669. The average molecular weight is 577 g/mol. The third-order valence-corrected chi connectivity index (χ3v) is 7.99. The van der Waals surface area contributed by atoms with Crippen LogP contribution in [0.3, 0.4) is 0 Å². The Bertz CT molecular complexity index is 2350. The molecule has 0 aliphatic rings. The first kappa shape index (κ1) is 26.3. The predicted molar refractivity (Wildman–Crippen MR) is 181 cm³/mol. The summed E-state index contributed by atoms with van der Waals surface area (Å²) in [5, 5.41) is 1.99.